The molecule has 1 aromatic heterocycles. The van der Waals surface area contributed by atoms with Crippen molar-refractivity contribution in [2.24, 2.45) is 0 Å². The van der Waals surface area contributed by atoms with Gasteiger partial charge in [-0.05, 0) is 41.5 Å². The van der Waals surface area contributed by atoms with Crippen LogP contribution < -0.4 is 9.64 Å². The number of hydrogen-bond acceptors (Lipinski definition) is 4. The largest absolute Gasteiger partial charge is 0.493 e. The van der Waals surface area contributed by atoms with Crippen LogP contribution >= 0.6 is 22.9 Å². The summed E-state index contributed by atoms with van der Waals surface area (Å²) < 4.78 is 5.96. The normalized spacial score (nSPS) is 12.4. The second kappa shape index (κ2) is 8.62. The molecule has 30 heavy (non-hydrogen) atoms. The highest BCUT2D eigenvalue weighted by Crippen LogP contribution is 2.42. The van der Waals surface area contributed by atoms with Crippen molar-refractivity contribution in [2.45, 2.75) is 26.2 Å². The minimum atomic E-state index is -0.0891. The standard InChI is InChI=1S/C24H22ClNO3S/c1-3-17(27)12-15-8-9-18-21(13-15)29-11-10-16-14-22(30-23(16)18)24(28)26(2)20-7-5-4-6-19(20)25/h4-9,13-14H,3,10-12H2,1-2H3. The van der Waals surface area contributed by atoms with Crippen molar-refractivity contribution >= 4 is 40.3 Å². The summed E-state index contributed by atoms with van der Waals surface area (Å²) >= 11 is 7.74. The van der Waals surface area contributed by atoms with Gasteiger partial charge in [0.2, 0.25) is 0 Å². The maximum Gasteiger partial charge on any atom is 0.268 e. The fraction of sp³-hybridized carbons (Fsp3) is 0.250. The summed E-state index contributed by atoms with van der Waals surface area (Å²) in [5, 5.41) is 0.541. The predicted molar refractivity (Wildman–Crippen MR) is 122 cm³/mol. The smallest absolute Gasteiger partial charge is 0.268 e. The van der Waals surface area contributed by atoms with Crippen LogP contribution in [0, 0.1) is 0 Å². The third kappa shape index (κ3) is 4.00. The molecule has 0 spiro atoms. The van der Waals surface area contributed by atoms with Crippen LogP contribution in [0.5, 0.6) is 5.75 Å². The lowest BCUT2D eigenvalue weighted by atomic mass is 10.0. The lowest BCUT2D eigenvalue weighted by Gasteiger charge is -2.17. The molecule has 4 rings (SSSR count). The molecule has 0 bridgehead atoms. The Labute approximate surface area is 185 Å². The number of carbonyl (C=O) groups excluding carboxylic acids is 2. The van der Waals surface area contributed by atoms with Gasteiger partial charge in [-0.25, -0.2) is 0 Å². The van der Waals surface area contributed by atoms with Gasteiger partial charge in [0.25, 0.3) is 5.91 Å². The van der Waals surface area contributed by atoms with Gasteiger partial charge in [-0.1, -0.05) is 36.7 Å². The Morgan fingerprint density at radius 1 is 1.17 bits per heavy atom. The molecule has 0 atom stereocenters. The molecule has 0 saturated carbocycles. The van der Waals surface area contributed by atoms with Crippen LogP contribution in [0.2, 0.25) is 5.02 Å². The van der Waals surface area contributed by atoms with Gasteiger partial charge in [-0.15, -0.1) is 11.3 Å². The number of para-hydroxylation sites is 1. The number of ketones is 1. The summed E-state index contributed by atoms with van der Waals surface area (Å²) in [6.45, 7) is 2.41. The molecule has 1 amide bonds. The van der Waals surface area contributed by atoms with Crippen LogP contribution in [-0.2, 0) is 17.6 Å². The van der Waals surface area contributed by atoms with Gasteiger partial charge in [0, 0.05) is 36.8 Å². The summed E-state index contributed by atoms with van der Waals surface area (Å²) in [5.41, 5.74) is 3.71. The zero-order valence-corrected chi connectivity index (χ0v) is 18.5. The van der Waals surface area contributed by atoms with Gasteiger partial charge in [0.15, 0.2) is 0 Å². The number of nitrogens with zero attached hydrogens (tertiary/aromatic N) is 1. The quantitative estimate of drug-likeness (QED) is 0.504. The van der Waals surface area contributed by atoms with E-state index in [2.05, 4.69) is 0 Å². The second-order valence-corrected chi connectivity index (χ2v) is 8.74. The average Bonchev–Trinajstić information content (AvgIpc) is 3.09. The van der Waals surface area contributed by atoms with Crippen molar-refractivity contribution in [3.05, 3.63) is 69.6 Å². The van der Waals surface area contributed by atoms with E-state index in [-0.39, 0.29) is 11.7 Å². The van der Waals surface area contributed by atoms with E-state index in [0.717, 1.165) is 33.7 Å². The van der Waals surface area contributed by atoms with E-state index in [1.807, 2.05) is 49.4 Å². The number of rotatable bonds is 5. The molecule has 0 unspecified atom stereocenters. The monoisotopic (exact) mass is 439 g/mol. The molecule has 6 heteroatoms. The molecule has 1 aliphatic rings. The zero-order chi connectivity index (χ0) is 21.3. The van der Waals surface area contributed by atoms with E-state index < -0.39 is 0 Å². The Kier molecular flexibility index (Phi) is 5.93. The molecule has 154 valence electrons. The Hall–Kier alpha value is -2.63. The fourth-order valence-electron chi connectivity index (χ4n) is 3.55. The van der Waals surface area contributed by atoms with Gasteiger partial charge in [-0.2, -0.15) is 0 Å². The van der Waals surface area contributed by atoms with Gasteiger partial charge in [0.05, 0.1) is 22.2 Å². The van der Waals surface area contributed by atoms with Crippen molar-refractivity contribution in [1.29, 1.82) is 0 Å². The molecule has 2 heterocycles. The zero-order valence-electron chi connectivity index (χ0n) is 16.9. The third-order valence-corrected chi connectivity index (χ3v) is 6.77. The molecule has 1 aliphatic heterocycles. The predicted octanol–water partition coefficient (Wildman–Crippen LogP) is 5.80. The molecular weight excluding hydrogens is 418 g/mol. The van der Waals surface area contributed by atoms with Crippen LogP contribution in [0.1, 0.15) is 34.1 Å². The van der Waals surface area contributed by atoms with Gasteiger partial charge >= 0.3 is 0 Å². The molecule has 3 aromatic rings. The molecule has 2 aromatic carbocycles. The fourth-order valence-corrected chi connectivity index (χ4v) is 5.03. The molecule has 0 saturated heterocycles. The minimum absolute atomic E-state index is 0.0891. The van der Waals surface area contributed by atoms with Crippen LogP contribution in [0.15, 0.2) is 48.5 Å². The lowest BCUT2D eigenvalue weighted by Crippen LogP contribution is -2.25. The Morgan fingerprint density at radius 2 is 1.97 bits per heavy atom. The number of hydrogen-bond donors (Lipinski definition) is 0. The van der Waals surface area contributed by atoms with Crippen molar-refractivity contribution in [1.82, 2.24) is 0 Å². The summed E-state index contributed by atoms with van der Waals surface area (Å²) in [4.78, 5) is 28.2. The Balaban J connectivity index is 1.66. The molecule has 0 fully saturated rings. The van der Waals surface area contributed by atoms with Crippen molar-refractivity contribution in [3.63, 3.8) is 0 Å². The SMILES string of the molecule is CCC(=O)Cc1ccc2c(c1)OCCc1cc(C(=O)N(C)c3ccccc3Cl)sc1-2. The number of benzene rings is 2. The van der Waals surface area contributed by atoms with Crippen molar-refractivity contribution in [2.75, 3.05) is 18.6 Å². The van der Waals surface area contributed by atoms with Gasteiger partial charge < -0.3 is 9.64 Å². The first-order valence-electron chi connectivity index (χ1n) is 9.91. The average molecular weight is 440 g/mol. The van der Waals surface area contributed by atoms with E-state index in [9.17, 15) is 9.59 Å². The van der Waals surface area contributed by atoms with Crippen LogP contribution in [0.25, 0.3) is 10.4 Å². The van der Waals surface area contributed by atoms with E-state index in [1.54, 1.807) is 18.0 Å². The summed E-state index contributed by atoms with van der Waals surface area (Å²) in [6, 6.07) is 15.2. The van der Waals surface area contributed by atoms with Crippen LogP contribution in [-0.4, -0.2) is 25.3 Å². The van der Waals surface area contributed by atoms with E-state index >= 15 is 0 Å². The maximum atomic E-state index is 13.1. The molecular formula is C24H22ClNO3S. The lowest BCUT2D eigenvalue weighted by molar-refractivity contribution is -0.118. The summed E-state index contributed by atoms with van der Waals surface area (Å²) in [7, 11) is 1.74. The Morgan fingerprint density at radius 3 is 2.73 bits per heavy atom. The number of fused-ring (bicyclic) bond motifs is 3. The highest BCUT2D eigenvalue weighted by Gasteiger charge is 2.24. The van der Waals surface area contributed by atoms with Gasteiger partial charge in [0.1, 0.15) is 11.5 Å². The Bertz CT molecular complexity index is 1120. The number of thiophene rings is 1. The number of amides is 1. The topological polar surface area (TPSA) is 46.6 Å². The third-order valence-electron chi connectivity index (χ3n) is 5.25. The summed E-state index contributed by atoms with van der Waals surface area (Å²) in [6.07, 6.45) is 1.67. The highest BCUT2D eigenvalue weighted by atomic mass is 35.5. The molecule has 0 aliphatic carbocycles. The number of anilines is 1. The van der Waals surface area contributed by atoms with Crippen LogP contribution in [0.4, 0.5) is 5.69 Å². The van der Waals surface area contributed by atoms with E-state index in [0.29, 0.717) is 35.0 Å². The second-order valence-electron chi connectivity index (χ2n) is 7.28. The highest BCUT2D eigenvalue weighted by molar-refractivity contribution is 7.17. The number of halogens is 1. The number of carbonyl (C=O) groups is 2. The van der Waals surface area contributed by atoms with Crippen molar-refractivity contribution < 1.29 is 14.3 Å². The maximum absolute atomic E-state index is 13.1. The molecule has 4 nitrogen and oxygen atoms in total. The minimum Gasteiger partial charge on any atom is -0.493 e. The first kappa shape index (κ1) is 20.6. The molecule has 0 N–H and O–H groups in total. The summed E-state index contributed by atoms with van der Waals surface area (Å²) in [5.74, 6) is 0.889. The number of ether oxygens (including phenoxy) is 1. The van der Waals surface area contributed by atoms with Crippen molar-refractivity contribution in [3.8, 4) is 16.2 Å². The van der Waals surface area contributed by atoms with E-state index in [1.165, 1.54) is 11.3 Å². The van der Waals surface area contributed by atoms with Gasteiger partial charge in [-0.3, -0.25) is 9.59 Å². The van der Waals surface area contributed by atoms with E-state index in [4.69, 9.17) is 16.3 Å². The first-order chi connectivity index (χ1) is 14.5. The van der Waals surface area contributed by atoms with Crippen LogP contribution in [0.3, 0.4) is 0 Å². The molecule has 0 radical (unpaired) electrons. The first-order valence-corrected chi connectivity index (χ1v) is 11.1. The number of Topliss-reactive ketones (excluding diaryl/α,β-unsaturated/α-hetero) is 1.